The minimum atomic E-state index is 0.234. The van der Waals surface area contributed by atoms with Crippen molar-refractivity contribution in [3.8, 4) is 0 Å². The van der Waals surface area contributed by atoms with Gasteiger partial charge in [0.15, 0.2) is 5.82 Å². The Labute approximate surface area is 77.8 Å². The molecule has 0 amide bonds. The number of imidazole rings is 1. The van der Waals surface area contributed by atoms with Crippen molar-refractivity contribution in [3.63, 3.8) is 0 Å². The van der Waals surface area contributed by atoms with Crippen molar-refractivity contribution in [3.05, 3.63) is 18.2 Å². The molecule has 1 fully saturated rings. The fourth-order valence-corrected chi connectivity index (χ4v) is 1.64. The Hall–Kier alpha value is -1.12. The lowest BCUT2D eigenvalue weighted by Crippen LogP contribution is -2.24. The minimum absolute atomic E-state index is 0.234. The molecule has 0 radical (unpaired) electrons. The molecule has 70 valence electrons. The Morgan fingerprint density at radius 1 is 1.69 bits per heavy atom. The predicted octanol–water partition coefficient (Wildman–Crippen LogP) is 1.89. The van der Waals surface area contributed by atoms with Crippen LogP contribution in [0.4, 0.5) is 0 Å². The van der Waals surface area contributed by atoms with Crippen LogP contribution in [-0.4, -0.2) is 15.3 Å². The molecule has 1 aromatic rings. The number of aromatic nitrogens is 2. The lowest BCUT2D eigenvalue weighted by Gasteiger charge is -2.23. The van der Waals surface area contributed by atoms with Gasteiger partial charge in [0.2, 0.25) is 5.78 Å². The first-order valence-electron chi connectivity index (χ1n) is 4.88. The second-order valence-electron chi connectivity index (χ2n) is 3.53. The molecule has 1 aromatic heterocycles. The van der Waals surface area contributed by atoms with Crippen molar-refractivity contribution >= 4 is 5.78 Å². The maximum absolute atomic E-state index is 11.8. The van der Waals surface area contributed by atoms with Crippen LogP contribution in [0, 0.1) is 5.92 Å². The highest BCUT2D eigenvalue weighted by Crippen LogP contribution is 2.29. The van der Waals surface area contributed by atoms with E-state index in [1.165, 1.54) is 6.42 Å². The lowest BCUT2D eigenvalue weighted by molar-refractivity contribution is 0.0839. The highest BCUT2D eigenvalue weighted by atomic mass is 16.1. The summed E-state index contributed by atoms with van der Waals surface area (Å²) in [6, 6.07) is 0. The Bertz CT molecular complexity index is 312. The van der Waals surface area contributed by atoms with Gasteiger partial charge in [0.05, 0.1) is 0 Å². The molecule has 0 aromatic carbocycles. The molecule has 1 heterocycles. The van der Waals surface area contributed by atoms with E-state index in [4.69, 9.17) is 0 Å². The average molecular weight is 178 g/mol. The van der Waals surface area contributed by atoms with Crippen LogP contribution >= 0.6 is 0 Å². The SMILES string of the molecule is CCn1ccnc1C(=O)C1CCC1. The van der Waals surface area contributed by atoms with E-state index in [0.29, 0.717) is 5.82 Å². The summed E-state index contributed by atoms with van der Waals surface area (Å²) < 4.78 is 1.92. The van der Waals surface area contributed by atoms with Crippen LogP contribution < -0.4 is 0 Å². The summed E-state index contributed by atoms with van der Waals surface area (Å²) in [5.41, 5.74) is 0. The number of aryl methyl sites for hydroxylation is 1. The van der Waals surface area contributed by atoms with E-state index in [9.17, 15) is 4.79 Å². The van der Waals surface area contributed by atoms with Crippen LogP contribution in [0.5, 0.6) is 0 Å². The highest BCUT2D eigenvalue weighted by molar-refractivity contribution is 5.95. The summed E-state index contributed by atoms with van der Waals surface area (Å²) in [4.78, 5) is 15.9. The summed E-state index contributed by atoms with van der Waals surface area (Å²) in [6.07, 6.45) is 6.87. The molecule has 0 atom stereocenters. The molecule has 1 aliphatic rings. The van der Waals surface area contributed by atoms with Gasteiger partial charge in [-0.3, -0.25) is 4.79 Å². The summed E-state index contributed by atoms with van der Waals surface area (Å²) in [5.74, 6) is 1.14. The number of rotatable bonds is 3. The smallest absolute Gasteiger partial charge is 0.201 e. The first-order chi connectivity index (χ1) is 6.33. The molecule has 3 nitrogen and oxygen atoms in total. The third-order valence-electron chi connectivity index (χ3n) is 2.75. The van der Waals surface area contributed by atoms with E-state index in [0.717, 1.165) is 19.4 Å². The second-order valence-corrected chi connectivity index (χ2v) is 3.53. The van der Waals surface area contributed by atoms with Gasteiger partial charge >= 0.3 is 0 Å². The zero-order valence-electron chi connectivity index (χ0n) is 7.86. The van der Waals surface area contributed by atoms with Gasteiger partial charge in [-0.2, -0.15) is 0 Å². The molecule has 0 aliphatic heterocycles. The van der Waals surface area contributed by atoms with E-state index in [1.54, 1.807) is 6.20 Å². The fourth-order valence-electron chi connectivity index (χ4n) is 1.64. The number of carbonyl (C=O) groups is 1. The van der Waals surface area contributed by atoms with E-state index in [2.05, 4.69) is 4.98 Å². The number of carbonyl (C=O) groups excluding carboxylic acids is 1. The average Bonchev–Trinajstić information content (AvgIpc) is 2.47. The highest BCUT2D eigenvalue weighted by Gasteiger charge is 2.28. The third-order valence-corrected chi connectivity index (χ3v) is 2.75. The molecule has 13 heavy (non-hydrogen) atoms. The van der Waals surface area contributed by atoms with E-state index >= 15 is 0 Å². The van der Waals surface area contributed by atoms with Crippen LogP contribution in [0.1, 0.15) is 36.8 Å². The van der Waals surface area contributed by atoms with Gasteiger partial charge in [-0.15, -0.1) is 0 Å². The monoisotopic (exact) mass is 178 g/mol. The Balaban J connectivity index is 2.18. The van der Waals surface area contributed by atoms with Gasteiger partial charge in [-0.05, 0) is 19.8 Å². The molecule has 0 unspecified atom stereocenters. The molecule has 1 aliphatic carbocycles. The normalized spacial score (nSPS) is 17.0. The van der Waals surface area contributed by atoms with Gasteiger partial charge in [-0.25, -0.2) is 4.98 Å². The Morgan fingerprint density at radius 2 is 2.46 bits per heavy atom. The number of Topliss-reactive ketones (excluding diaryl/α,β-unsaturated/α-hetero) is 1. The van der Waals surface area contributed by atoms with Gasteiger partial charge in [0, 0.05) is 24.9 Å². The summed E-state index contributed by atoms with van der Waals surface area (Å²) in [6.45, 7) is 2.85. The predicted molar refractivity (Wildman–Crippen MR) is 49.6 cm³/mol. The standard InChI is InChI=1S/C10H14N2O/c1-2-12-7-6-11-10(12)9(13)8-4-3-5-8/h6-8H,2-5H2,1H3. The molecule has 1 saturated carbocycles. The topological polar surface area (TPSA) is 34.9 Å². The van der Waals surface area contributed by atoms with Crippen LogP contribution in [0.3, 0.4) is 0 Å². The summed E-state index contributed by atoms with van der Waals surface area (Å²) >= 11 is 0. The van der Waals surface area contributed by atoms with Crippen molar-refractivity contribution in [1.82, 2.24) is 9.55 Å². The van der Waals surface area contributed by atoms with Crippen molar-refractivity contribution in [1.29, 1.82) is 0 Å². The molecule has 0 saturated heterocycles. The molecule has 0 bridgehead atoms. The fraction of sp³-hybridized carbons (Fsp3) is 0.600. The number of nitrogens with zero attached hydrogens (tertiary/aromatic N) is 2. The minimum Gasteiger partial charge on any atom is -0.329 e. The van der Waals surface area contributed by atoms with Gasteiger partial charge in [0.1, 0.15) is 0 Å². The number of hydrogen-bond donors (Lipinski definition) is 0. The number of ketones is 1. The zero-order chi connectivity index (χ0) is 9.26. The quantitative estimate of drug-likeness (QED) is 0.662. The van der Waals surface area contributed by atoms with Gasteiger partial charge in [-0.1, -0.05) is 6.42 Å². The second kappa shape index (κ2) is 3.32. The van der Waals surface area contributed by atoms with Crippen LogP contribution in [0.15, 0.2) is 12.4 Å². The molecule has 2 rings (SSSR count). The molecule has 0 N–H and O–H groups in total. The van der Waals surface area contributed by atoms with E-state index in [-0.39, 0.29) is 11.7 Å². The molecule has 3 heteroatoms. The van der Waals surface area contributed by atoms with Crippen LogP contribution in [0.2, 0.25) is 0 Å². The third kappa shape index (κ3) is 1.39. The first-order valence-corrected chi connectivity index (χ1v) is 4.88. The largest absolute Gasteiger partial charge is 0.329 e. The maximum Gasteiger partial charge on any atom is 0.201 e. The summed E-state index contributed by atoms with van der Waals surface area (Å²) in [5, 5.41) is 0. The van der Waals surface area contributed by atoms with Crippen molar-refractivity contribution in [2.45, 2.75) is 32.7 Å². The van der Waals surface area contributed by atoms with Crippen molar-refractivity contribution < 1.29 is 4.79 Å². The van der Waals surface area contributed by atoms with Gasteiger partial charge < -0.3 is 4.57 Å². The van der Waals surface area contributed by atoms with E-state index < -0.39 is 0 Å². The van der Waals surface area contributed by atoms with E-state index in [1.807, 2.05) is 17.7 Å². The zero-order valence-corrected chi connectivity index (χ0v) is 7.86. The number of hydrogen-bond acceptors (Lipinski definition) is 2. The van der Waals surface area contributed by atoms with Crippen molar-refractivity contribution in [2.75, 3.05) is 0 Å². The molecular formula is C10H14N2O. The van der Waals surface area contributed by atoms with Crippen LogP contribution in [-0.2, 0) is 6.54 Å². The Morgan fingerprint density at radius 3 is 3.00 bits per heavy atom. The van der Waals surface area contributed by atoms with Gasteiger partial charge in [0.25, 0.3) is 0 Å². The molecular weight excluding hydrogens is 164 g/mol. The first kappa shape index (κ1) is 8.48. The molecule has 0 spiro atoms. The lowest BCUT2D eigenvalue weighted by atomic mass is 9.82. The van der Waals surface area contributed by atoms with Crippen LogP contribution in [0.25, 0.3) is 0 Å². The Kier molecular flexibility index (Phi) is 2.17. The summed E-state index contributed by atoms with van der Waals surface area (Å²) in [7, 11) is 0. The van der Waals surface area contributed by atoms with Crippen molar-refractivity contribution in [2.24, 2.45) is 5.92 Å². The maximum atomic E-state index is 11.8.